The SMILES string of the molecule is Cc1nn(C)c2nc(C3CC3)cc(C(=O)N(C)CCO)c12. The first-order chi connectivity index (χ1) is 10.0. The predicted octanol–water partition coefficient (Wildman–Crippen LogP) is 1.22. The lowest BCUT2D eigenvalue weighted by Crippen LogP contribution is -2.29. The molecule has 0 aromatic carbocycles. The molecule has 1 N–H and O–H groups in total. The van der Waals surface area contributed by atoms with Crippen LogP contribution in [0.1, 0.15) is 40.5 Å². The van der Waals surface area contributed by atoms with E-state index in [2.05, 4.69) is 10.1 Å². The fourth-order valence-corrected chi connectivity index (χ4v) is 2.68. The number of hydrogen-bond donors (Lipinski definition) is 1. The van der Waals surface area contributed by atoms with Crippen molar-refractivity contribution >= 4 is 16.9 Å². The number of carbonyl (C=O) groups excluding carboxylic acids is 1. The first-order valence-electron chi connectivity index (χ1n) is 7.23. The van der Waals surface area contributed by atoms with Gasteiger partial charge >= 0.3 is 0 Å². The summed E-state index contributed by atoms with van der Waals surface area (Å²) in [6.07, 6.45) is 2.27. The van der Waals surface area contributed by atoms with Crippen molar-refractivity contribution in [2.24, 2.45) is 7.05 Å². The summed E-state index contributed by atoms with van der Waals surface area (Å²) in [5, 5.41) is 14.2. The third-order valence-electron chi connectivity index (χ3n) is 4.00. The Labute approximate surface area is 123 Å². The van der Waals surface area contributed by atoms with Gasteiger partial charge in [0.25, 0.3) is 5.91 Å². The van der Waals surface area contributed by atoms with Crippen LogP contribution in [0.2, 0.25) is 0 Å². The standard InChI is InChI=1S/C15H20N4O2/c1-9-13-11(15(21)18(2)6-7-20)8-12(10-4-5-10)16-14(13)19(3)17-9/h8,10,20H,4-7H2,1-3H3. The average Bonchev–Trinajstić information content (AvgIpc) is 3.25. The Balaban J connectivity index is 2.16. The minimum atomic E-state index is -0.0885. The van der Waals surface area contributed by atoms with E-state index >= 15 is 0 Å². The molecule has 6 heteroatoms. The van der Waals surface area contributed by atoms with Gasteiger partial charge < -0.3 is 10.0 Å². The molecular formula is C15H20N4O2. The largest absolute Gasteiger partial charge is 0.395 e. The summed E-state index contributed by atoms with van der Waals surface area (Å²) in [7, 11) is 3.55. The molecule has 0 saturated heterocycles. The van der Waals surface area contributed by atoms with E-state index in [-0.39, 0.29) is 12.5 Å². The summed E-state index contributed by atoms with van der Waals surface area (Å²) in [4.78, 5) is 18.9. The summed E-state index contributed by atoms with van der Waals surface area (Å²) >= 11 is 0. The molecule has 0 bridgehead atoms. The third kappa shape index (κ3) is 2.40. The van der Waals surface area contributed by atoms with E-state index in [0.717, 1.165) is 35.3 Å². The van der Waals surface area contributed by atoms with Crippen LogP contribution in [0.3, 0.4) is 0 Å². The lowest BCUT2D eigenvalue weighted by atomic mass is 10.1. The van der Waals surface area contributed by atoms with Crippen molar-refractivity contribution in [3.8, 4) is 0 Å². The molecule has 6 nitrogen and oxygen atoms in total. The lowest BCUT2D eigenvalue weighted by Gasteiger charge is -2.17. The minimum absolute atomic E-state index is 0.0437. The van der Waals surface area contributed by atoms with Gasteiger partial charge in [-0.3, -0.25) is 9.48 Å². The Morgan fingerprint density at radius 2 is 2.24 bits per heavy atom. The number of amides is 1. The first-order valence-corrected chi connectivity index (χ1v) is 7.23. The van der Waals surface area contributed by atoms with Crippen LogP contribution in [-0.4, -0.2) is 50.9 Å². The zero-order valence-corrected chi connectivity index (χ0v) is 12.6. The van der Waals surface area contributed by atoms with Crippen LogP contribution >= 0.6 is 0 Å². The number of aryl methyl sites for hydroxylation is 2. The topological polar surface area (TPSA) is 71.2 Å². The van der Waals surface area contributed by atoms with Gasteiger partial charge in [0.15, 0.2) is 5.65 Å². The van der Waals surface area contributed by atoms with Crippen LogP contribution in [0.4, 0.5) is 0 Å². The van der Waals surface area contributed by atoms with Crippen LogP contribution in [0.5, 0.6) is 0 Å². The van der Waals surface area contributed by atoms with E-state index in [4.69, 9.17) is 5.11 Å². The van der Waals surface area contributed by atoms with Gasteiger partial charge in [0.1, 0.15) is 0 Å². The fourth-order valence-electron chi connectivity index (χ4n) is 2.68. The highest BCUT2D eigenvalue weighted by molar-refractivity contribution is 6.06. The van der Waals surface area contributed by atoms with E-state index in [1.165, 1.54) is 4.90 Å². The molecular weight excluding hydrogens is 268 g/mol. The van der Waals surface area contributed by atoms with Gasteiger partial charge in [-0.25, -0.2) is 4.98 Å². The Hall–Kier alpha value is -1.95. The first kappa shape index (κ1) is 14.0. The third-order valence-corrected chi connectivity index (χ3v) is 4.00. The highest BCUT2D eigenvalue weighted by Gasteiger charge is 2.29. The molecule has 1 saturated carbocycles. The van der Waals surface area contributed by atoms with E-state index in [1.54, 1.807) is 11.7 Å². The lowest BCUT2D eigenvalue weighted by molar-refractivity contribution is 0.0768. The number of carbonyl (C=O) groups is 1. The van der Waals surface area contributed by atoms with Crippen molar-refractivity contribution in [1.82, 2.24) is 19.7 Å². The van der Waals surface area contributed by atoms with E-state index in [1.807, 2.05) is 20.0 Å². The van der Waals surface area contributed by atoms with Crippen LogP contribution in [0, 0.1) is 6.92 Å². The molecule has 112 valence electrons. The molecule has 3 rings (SSSR count). The van der Waals surface area contributed by atoms with Crippen LogP contribution in [0.15, 0.2) is 6.07 Å². The normalized spacial score (nSPS) is 14.7. The summed E-state index contributed by atoms with van der Waals surface area (Å²) in [5.41, 5.74) is 3.19. The highest BCUT2D eigenvalue weighted by Crippen LogP contribution is 2.40. The Morgan fingerprint density at radius 1 is 1.52 bits per heavy atom. The van der Waals surface area contributed by atoms with Crippen molar-refractivity contribution in [3.63, 3.8) is 0 Å². The van der Waals surface area contributed by atoms with Gasteiger partial charge in [-0.05, 0) is 25.8 Å². The Bertz CT molecular complexity index is 703. The molecule has 2 aromatic heterocycles. The van der Waals surface area contributed by atoms with E-state index in [9.17, 15) is 4.79 Å². The number of nitrogens with zero attached hydrogens (tertiary/aromatic N) is 4. The number of hydrogen-bond acceptors (Lipinski definition) is 4. The van der Waals surface area contributed by atoms with E-state index in [0.29, 0.717) is 18.0 Å². The fraction of sp³-hybridized carbons (Fsp3) is 0.533. The smallest absolute Gasteiger partial charge is 0.254 e. The summed E-state index contributed by atoms with van der Waals surface area (Å²) in [6.45, 7) is 2.17. The van der Waals surface area contributed by atoms with Gasteiger partial charge in [0, 0.05) is 32.3 Å². The second kappa shape index (κ2) is 5.11. The van der Waals surface area contributed by atoms with Crippen LogP contribution < -0.4 is 0 Å². The number of pyridine rings is 1. The van der Waals surface area contributed by atoms with Gasteiger partial charge in [-0.2, -0.15) is 5.10 Å². The van der Waals surface area contributed by atoms with Crippen molar-refractivity contribution < 1.29 is 9.90 Å². The maximum atomic E-state index is 12.7. The number of rotatable bonds is 4. The van der Waals surface area contributed by atoms with Crippen molar-refractivity contribution in [3.05, 3.63) is 23.0 Å². The van der Waals surface area contributed by atoms with Gasteiger partial charge in [0.2, 0.25) is 0 Å². The summed E-state index contributed by atoms with van der Waals surface area (Å²) in [5.74, 6) is 0.383. The molecule has 2 aromatic rings. The van der Waals surface area contributed by atoms with Crippen molar-refractivity contribution in [1.29, 1.82) is 0 Å². The van der Waals surface area contributed by atoms with Gasteiger partial charge in [-0.15, -0.1) is 0 Å². The van der Waals surface area contributed by atoms with Gasteiger partial charge in [0.05, 0.1) is 23.3 Å². The summed E-state index contributed by atoms with van der Waals surface area (Å²) < 4.78 is 1.74. The number of aliphatic hydroxyl groups excluding tert-OH is 1. The van der Waals surface area contributed by atoms with Gasteiger partial charge in [-0.1, -0.05) is 0 Å². The zero-order valence-electron chi connectivity index (χ0n) is 12.6. The minimum Gasteiger partial charge on any atom is -0.395 e. The average molecular weight is 288 g/mol. The molecule has 0 radical (unpaired) electrons. The molecule has 1 fully saturated rings. The molecule has 1 aliphatic carbocycles. The maximum Gasteiger partial charge on any atom is 0.254 e. The van der Waals surface area contributed by atoms with Crippen molar-refractivity contribution in [2.75, 3.05) is 20.2 Å². The molecule has 1 amide bonds. The molecule has 2 heterocycles. The highest BCUT2D eigenvalue weighted by atomic mass is 16.3. The van der Waals surface area contributed by atoms with Crippen LogP contribution in [-0.2, 0) is 7.05 Å². The molecule has 0 aliphatic heterocycles. The number of fused-ring (bicyclic) bond motifs is 1. The predicted molar refractivity (Wildman–Crippen MR) is 79.3 cm³/mol. The molecule has 1 aliphatic rings. The number of aliphatic hydroxyl groups is 1. The Morgan fingerprint density at radius 3 is 2.86 bits per heavy atom. The molecule has 0 atom stereocenters. The molecule has 0 unspecified atom stereocenters. The van der Waals surface area contributed by atoms with E-state index < -0.39 is 0 Å². The number of likely N-dealkylation sites (N-methyl/N-ethyl adjacent to an activating group) is 1. The molecule has 21 heavy (non-hydrogen) atoms. The molecule has 0 spiro atoms. The number of aromatic nitrogens is 3. The second-order valence-corrected chi connectivity index (χ2v) is 5.73. The van der Waals surface area contributed by atoms with Crippen LogP contribution in [0.25, 0.3) is 11.0 Å². The zero-order chi connectivity index (χ0) is 15.1. The monoisotopic (exact) mass is 288 g/mol. The Kier molecular flexibility index (Phi) is 3.41. The maximum absolute atomic E-state index is 12.7. The van der Waals surface area contributed by atoms with Crippen molar-refractivity contribution in [2.45, 2.75) is 25.7 Å². The quantitative estimate of drug-likeness (QED) is 0.918. The summed E-state index contributed by atoms with van der Waals surface area (Å²) in [6, 6.07) is 1.91. The second-order valence-electron chi connectivity index (χ2n) is 5.73.